The molecular weight excluding hydrogens is 264 g/mol. The third kappa shape index (κ3) is 5.33. The topological polar surface area (TPSA) is 92.3 Å². The van der Waals surface area contributed by atoms with Crippen LogP contribution in [0.4, 0.5) is 0 Å². The molecule has 0 aromatic heterocycles. The van der Waals surface area contributed by atoms with Crippen molar-refractivity contribution in [1.82, 2.24) is 10.0 Å². The molecule has 0 aliphatic carbocycles. The van der Waals surface area contributed by atoms with E-state index < -0.39 is 31.2 Å². The average molecular weight is 284 g/mol. The molecule has 1 aliphatic rings. The van der Waals surface area contributed by atoms with Crippen molar-refractivity contribution in [2.45, 2.75) is 31.1 Å². The number of piperidine rings is 1. The minimum atomic E-state index is -3.41. The van der Waals surface area contributed by atoms with Crippen LogP contribution in [0.3, 0.4) is 0 Å². The summed E-state index contributed by atoms with van der Waals surface area (Å²) in [6.45, 7) is 2.94. The van der Waals surface area contributed by atoms with Crippen molar-refractivity contribution in [2.24, 2.45) is 0 Å². The van der Waals surface area contributed by atoms with Crippen LogP contribution in [0.2, 0.25) is 0 Å². The minimum absolute atomic E-state index is 0.169. The van der Waals surface area contributed by atoms with E-state index in [1.54, 1.807) is 6.92 Å². The standard InChI is InChI=1S/C9H20N2O4S2/c1-8(7-16(2,12)13)11-17(14,15)9-3-5-10-6-4-9/h8-11H,3-7H2,1-2H3. The first-order valence-electron chi connectivity index (χ1n) is 5.60. The van der Waals surface area contributed by atoms with E-state index in [0.29, 0.717) is 25.9 Å². The van der Waals surface area contributed by atoms with Crippen LogP contribution in [0.5, 0.6) is 0 Å². The highest BCUT2D eigenvalue weighted by Gasteiger charge is 2.28. The van der Waals surface area contributed by atoms with Gasteiger partial charge in [0.25, 0.3) is 0 Å². The van der Waals surface area contributed by atoms with E-state index in [-0.39, 0.29) is 5.75 Å². The van der Waals surface area contributed by atoms with Gasteiger partial charge in [-0.15, -0.1) is 0 Å². The molecule has 1 unspecified atom stereocenters. The van der Waals surface area contributed by atoms with Gasteiger partial charge in [0, 0.05) is 12.3 Å². The minimum Gasteiger partial charge on any atom is -0.317 e. The number of sulfonamides is 1. The van der Waals surface area contributed by atoms with Crippen molar-refractivity contribution in [3.8, 4) is 0 Å². The zero-order chi connectivity index (χ0) is 13.1. The highest BCUT2D eigenvalue weighted by molar-refractivity contribution is 7.91. The Bertz CT molecular complexity index is 438. The van der Waals surface area contributed by atoms with Crippen LogP contribution < -0.4 is 10.0 Å². The number of hydrogen-bond donors (Lipinski definition) is 2. The van der Waals surface area contributed by atoms with E-state index in [0.717, 1.165) is 6.26 Å². The molecule has 1 heterocycles. The Kier molecular flexibility index (Phi) is 4.94. The van der Waals surface area contributed by atoms with E-state index in [1.807, 2.05) is 0 Å². The SMILES string of the molecule is CC(CS(C)(=O)=O)NS(=O)(=O)C1CCNCC1. The first kappa shape index (κ1) is 14.9. The molecule has 1 saturated heterocycles. The molecule has 0 amide bonds. The van der Waals surface area contributed by atoms with Crippen LogP contribution in [-0.2, 0) is 19.9 Å². The zero-order valence-electron chi connectivity index (χ0n) is 10.1. The Labute approximate surface area is 103 Å². The molecule has 8 heteroatoms. The Hall–Kier alpha value is -0.180. The average Bonchev–Trinajstić information content (AvgIpc) is 2.15. The van der Waals surface area contributed by atoms with E-state index in [9.17, 15) is 16.8 Å². The fraction of sp³-hybridized carbons (Fsp3) is 1.00. The Morgan fingerprint density at radius 1 is 1.24 bits per heavy atom. The van der Waals surface area contributed by atoms with Gasteiger partial charge in [-0.3, -0.25) is 0 Å². The van der Waals surface area contributed by atoms with Crippen LogP contribution in [0, 0.1) is 0 Å². The molecule has 17 heavy (non-hydrogen) atoms. The maximum absolute atomic E-state index is 11.9. The Balaban J connectivity index is 2.59. The fourth-order valence-corrected chi connectivity index (χ4v) is 4.76. The van der Waals surface area contributed by atoms with E-state index >= 15 is 0 Å². The summed E-state index contributed by atoms with van der Waals surface area (Å²) in [7, 11) is -6.58. The quantitative estimate of drug-likeness (QED) is 0.682. The van der Waals surface area contributed by atoms with Gasteiger partial charge in [0.15, 0.2) is 0 Å². The Morgan fingerprint density at radius 2 is 1.76 bits per heavy atom. The highest BCUT2D eigenvalue weighted by atomic mass is 32.2. The van der Waals surface area contributed by atoms with Crippen molar-refractivity contribution in [3.05, 3.63) is 0 Å². The van der Waals surface area contributed by atoms with Crippen LogP contribution in [0.1, 0.15) is 19.8 Å². The largest absolute Gasteiger partial charge is 0.317 e. The molecule has 0 spiro atoms. The van der Waals surface area contributed by atoms with Crippen LogP contribution in [-0.4, -0.2) is 53.2 Å². The second kappa shape index (κ2) is 5.64. The van der Waals surface area contributed by atoms with E-state index in [4.69, 9.17) is 0 Å². The number of sulfone groups is 1. The fourth-order valence-electron chi connectivity index (χ4n) is 1.97. The third-order valence-electron chi connectivity index (χ3n) is 2.64. The smallest absolute Gasteiger partial charge is 0.214 e. The van der Waals surface area contributed by atoms with Gasteiger partial charge in [-0.25, -0.2) is 21.6 Å². The van der Waals surface area contributed by atoms with Gasteiger partial charge in [-0.2, -0.15) is 0 Å². The number of nitrogens with one attached hydrogen (secondary N) is 2. The maximum atomic E-state index is 11.9. The van der Waals surface area contributed by atoms with Crippen molar-refractivity contribution < 1.29 is 16.8 Å². The second-order valence-corrected chi connectivity index (χ2v) is 8.78. The molecule has 0 aromatic carbocycles. The van der Waals surface area contributed by atoms with E-state index in [2.05, 4.69) is 10.0 Å². The van der Waals surface area contributed by atoms with Crippen LogP contribution >= 0.6 is 0 Å². The molecule has 0 radical (unpaired) electrons. The van der Waals surface area contributed by atoms with Crippen LogP contribution in [0.15, 0.2) is 0 Å². The summed E-state index contributed by atoms with van der Waals surface area (Å²) >= 11 is 0. The third-order valence-corrected chi connectivity index (χ3v) is 5.83. The molecule has 0 bridgehead atoms. The highest BCUT2D eigenvalue weighted by Crippen LogP contribution is 2.12. The van der Waals surface area contributed by atoms with Gasteiger partial charge in [0.05, 0.1) is 11.0 Å². The molecule has 102 valence electrons. The predicted molar refractivity (Wildman–Crippen MR) is 67.1 cm³/mol. The molecule has 1 aliphatic heterocycles. The van der Waals surface area contributed by atoms with Gasteiger partial charge >= 0.3 is 0 Å². The Morgan fingerprint density at radius 3 is 2.24 bits per heavy atom. The monoisotopic (exact) mass is 284 g/mol. The van der Waals surface area contributed by atoms with Crippen molar-refractivity contribution >= 4 is 19.9 Å². The predicted octanol–water partition coefficient (Wildman–Crippen LogP) is -0.909. The number of hydrogen-bond acceptors (Lipinski definition) is 5. The number of rotatable bonds is 5. The normalized spacial score (nSPS) is 21.3. The molecular formula is C9H20N2O4S2. The van der Waals surface area contributed by atoms with Crippen molar-refractivity contribution in [2.75, 3.05) is 25.1 Å². The lowest BCUT2D eigenvalue weighted by Gasteiger charge is -2.24. The van der Waals surface area contributed by atoms with Gasteiger partial charge in [-0.05, 0) is 32.9 Å². The molecule has 6 nitrogen and oxygen atoms in total. The maximum Gasteiger partial charge on any atom is 0.214 e. The first-order chi connectivity index (χ1) is 7.71. The molecule has 0 saturated carbocycles. The summed E-state index contributed by atoms with van der Waals surface area (Å²) < 4.78 is 48.5. The van der Waals surface area contributed by atoms with Gasteiger partial charge in [0.2, 0.25) is 10.0 Å². The lowest BCUT2D eigenvalue weighted by Crippen LogP contribution is -2.46. The van der Waals surface area contributed by atoms with Gasteiger partial charge in [0.1, 0.15) is 9.84 Å². The van der Waals surface area contributed by atoms with Crippen molar-refractivity contribution in [3.63, 3.8) is 0 Å². The van der Waals surface area contributed by atoms with Crippen molar-refractivity contribution in [1.29, 1.82) is 0 Å². The summed E-state index contributed by atoms with van der Waals surface area (Å²) in [6.07, 6.45) is 2.24. The first-order valence-corrected chi connectivity index (χ1v) is 9.21. The zero-order valence-corrected chi connectivity index (χ0v) is 11.8. The van der Waals surface area contributed by atoms with Gasteiger partial charge < -0.3 is 5.32 Å². The molecule has 1 rings (SSSR count). The lowest BCUT2D eigenvalue weighted by molar-refractivity contribution is 0.485. The summed E-state index contributed by atoms with van der Waals surface area (Å²) in [5.74, 6) is -0.169. The molecule has 1 fully saturated rings. The molecule has 2 N–H and O–H groups in total. The summed E-state index contributed by atoms with van der Waals surface area (Å²) in [4.78, 5) is 0. The molecule has 0 aromatic rings. The second-order valence-electron chi connectivity index (χ2n) is 4.61. The lowest BCUT2D eigenvalue weighted by atomic mass is 10.2. The summed E-state index contributed by atoms with van der Waals surface area (Å²) in [6, 6.07) is -0.579. The van der Waals surface area contributed by atoms with E-state index in [1.165, 1.54) is 0 Å². The summed E-state index contributed by atoms with van der Waals surface area (Å²) in [5.41, 5.74) is 0. The van der Waals surface area contributed by atoms with Crippen LogP contribution in [0.25, 0.3) is 0 Å². The summed E-state index contributed by atoms with van der Waals surface area (Å²) in [5, 5.41) is 2.68. The van der Waals surface area contributed by atoms with Gasteiger partial charge in [-0.1, -0.05) is 0 Å². The molecule has 1 atom stereocenters.